The fraction of sp³-hybridized carbons (Fsp3) is 0.552. The zero-order valence-electron chi connectivity index (χ0n) is 20.9. The number of carbonyl (C=O) groups excluding carboxylic acids is 1. The minimum atomic E-state index is 0.112. The lowest BCUT2D eigenvalue weighted by Gasteiger charge is -2.40. The van der Waals surface area contributed by atoms with Crippen LogP contribution in [-0.4, -0.2) is 60.5 Å². The van der Waals surface area contributed by atoms with E-state index >= 15 is 0 Å². The van der Waals surface area contributed by atoms with Crippen LogP contribution in [0.5, 0.6) is 0 Å². The fourth-order valence-electron chi connectivity index (χ4n) is 5.97. The van der Waals surface area contributed by atoms with Gasteiger partial charge in [-0.05, 0) is 68.7 Å². The van der Waals surface area contributed by atoms with Crippen LogP contribution in [0.25, 0.3) is 0 Å². The highest BCUT2D eigenvalue weighted by Crippen LogP contribution is 2.33. The van der Waals surface area contributed by atoms with Crippen LogP contribution in [0.4, 0.5) is 0 Å². The van der Waals surface area contributed by atoms with Crippen molar-refractivity contribution < 1.29 is 4.79 Å². The highest BCUT2D eigenvalue weighted by Gasteiger charge is 2.29. The average Bonchev–Trinajstić information content (AvgIpc) is 2.78. The van der Waals surface area contributed by atoms with Crippen LogP contribution in [-0.2, 0) is 4.79 Å². The molecule has 2 saturated heterocycles. The molecule has 0 aliphatic carbocycles. The van der Waals surface area contributed by atoms with Gasteiger partial charge in [-0.25, -0.2) is 0 Å². The number of carbonyl (C=O) groups is 1. The molecule has 2 atom stereocenters. The van der Waals surface area contributed by atoms with Crippen molar-refractivity contribution in [1.29, 1.82) is 0 Å². The third kappa shape index (κ3) is 6.04. The number of aryl methyl sites for hydroxylation is 2. The molecule has 4 nitrogen and oxygen atoms in total. The van der Waals surface area contributed by atoms with Gasteiger partial charge in [0.1, 0.15) is 0 Å². The van der Waals surface area contributed by atoms with Crippen LogP contribution in [0.3, 0.4) is 0 Å². The van der Waals surface area contributed by atoms with E-state index in [0.29, 0.717) is 30.3 Å². The molecule has 0 aromatic heterocycles. The van der Waals surface area contributed by atoms with Gasteiger partial charge >= 0.3 is 0 Å². The van der Waals surface area contributed by atoms with Crippen LogP contribution >= 0.6 is 0 Å². The molecule has 4 heteroatoms. The lowest BCUT2D eigenvalue weighted by Crippen LogP contribution is -2.55. The molecule has 1 N–H and O–H groups in total. The van der Waals surface area contributed by atoms with Crippen LogP contribution < -0.4 is 5.32 Å². The van der Waals surface area contributed by atoms with E-state index in [4.69, 9.17) is 0 Å². The van der Waals surface area contributed by atoms with Crippen molar-refractivity contribution in [2.24, 2.45) is 5.92 Å². The number of rotatable bonds is 6. The molecule has 0 saturated carbocycles. The highest BCUT2D eigenvalue weighted by atomic mass is 16.2. The summed E-state index contributed by atoms with van der Waals surface area (Å²) >= 11 is 0. The Morgan fingerprint density at radius 1 is 0.909 bits per heavy atom. The number of amides is 1. The minimum absolute atomic E-state index is 0.112. The lowest BCUT2D eigenvalue weighted by atomic mass is 9.83. The second kappa shape index (κ2) is 10.8. The molecule has 2 unspecified atom stereocenters. The summed E-state index contributed by atoms with van der Waals surface area (Å²) in [7, 11) is 0. The Bertz CT molecular complexity index is 878. The molecular formula is C29H41N3O. The first kappa shape index (κ1) is 24.0. The SMILES string of the molecule is Cc1ccccc1C(CC(=O)N1CCC(CN2CC(C)NC(C)C2)CC1)c1ccccc1C. The number of likely N-dealkylation sites (tertiary alicyclic amines) is 1. The maximum Gasteiger partial charge on any atom is 0.223 e. The van der Waals surface area contributed by atoms with Gasteiger partial charge < -0.3 is 10.2 Å². The molecule has 0 radical (unpaired) electrons. The van der Waals surface area contributed by atoms with Gasteiger partial charge in [-0.3, -0.25) is 9.69 Å². The molecule has 0 bridgehead atoms. The second-order valence-corrected chi connectivity index (χ2v) is 10.5. The van der Waals surface area contributed by atoms with E-state index in [2.05, 4.69) is 91.3 Å². The Labute approximate surface area is 200 Å². The van der Waals surface area contributed by atoms with E-state index < -0.39 is 0 Å². The van der Waals surface area contributed by atoms with Crippen molar-refractivity contribution in [3.05, 3.63) is 70.8 Å². The number of piperazine rings is 1. The quantitative estimate of drug-likeness (QED) is 0.694. The smallest absolute Gasteiger partial charge is 0.223 e. The normalized spacial score (nSPS) is 22.6. The lowest BCUT2D eigenvalue weighted by molar-refractivity contribution is -0.132. The number of piperidine rings is 1. The first-order chi connectivity index (χ1) is 15.9. The summed E-state index contributed by atoms with van der Waals surface area (Å²) < 4.78 is 0. The van der Waals surface area contributed by atoms with Crippen molar-refractivity contribution in [1.82, 2.24) is 15.1 Å². The summed E-state index contributed by atoms with van der Waals surface area (Å²) in [6.45, 7) is 14.1. The molecule has 178 valence electrons. The maximum absolute atomic E-state index is 13.5. The number of nitrogens with zero attached hydrogens (tertiary/aromatic N) is 2. The van der Waals surface area contributed by atoms with Crippen LogP contribution in [0, 0.1) is 19.8 Å². The molecule has 1 amide bonds. The van der Waals surface area contributed by atoms with Crippen LogP contribution in [0.2, 0.25) is 0 Å². The Balaban J connectivity index is 1.39. The van der Waals surface area contributed by atoms with Crippen molar-refractivity contribution in [3.63, 3.8) is 0 Å². The summed E-state index contributed by atoms with van der Waals surface area (Å²) in [6, 6.07) is 18.2. The van der Waals surface area contributed by atoms with Crippen molar-refractivity contribution in [2.75, 3.05) is 32.7 Å². The monoisotopic (exact) mass is 447 g/mol. The molecule has 2 aromatic rings. The molecule has 2 aromatic carbocycles. The molecule has 2 aliphatic rings. The van der Waals surface area contributed by atoms with E-state index in [1.807, 2.05) is 0 Å². The topological polar surface area (TPSA) is 35.6 Å². The standard InChI is InChI=1S/C29H41N3O/c1-21-9-5-7-11-26(21)28(27-12-8-6-10-22(27)2)17-29(33)32-15-13-25(14-16-32)20-31-18-23(3)30-24(4)19-31/h5-12,23-25,28,30H,13-20H2,1-4H3. The minimum Gasteiger partial charge on any atom is -0.343 e. The van der Waals surface area contributed by atoms with Gasteiger partial charge in [-0.15, -0.1) is 0 Å². The summed E-state index contributed by atoms with van der Waals surface area (Å²) in [5.41, 5.74) is 5.07. The van der Waals surface area contributed by atoms with E-state index in [0.717, 1.165) is 39.0 Å². The van der Waals surface area contributed by atoms with Crippen molar-refractivity contribution >= 4 is 5.91 Å². The van der Waals surface area contributed by atoms with E-state index in [1.165, 1.54) is 28.8 Å². The van der Waals surface area contributed by atoms with Gasteiger partial charge in [-0.2, -0.15) is 0 Å². The fourth-order valence-corrected chi connectivity index (χ4v) is 5.97. The number of hydrogen-bond donors (Lipinski definition) is 1. The Morgan fingerprint density at radius 3 is 1.94 bits per heavy atom. The van der Waals surface area contributed by atoms with E-state index in [1.54, 1.807) is 0 Å². The summed E-state index contributed by atoms with van der Waals surface area (Å²) in [4.78, 5) is 18.2. The van der Waals surface area contributed by atoms with Gasteiger partial charge in [0.05, 0.1) is 0 Å². The molecule has 2 fully saturated rings. The first-order valence-corrected chi connectivity index (χ1v) is 12.8. The van der Waals surface area contributed by atoms with Gasteiger partial charge in [0.2, 0.25) is 5.91 Å². The summed E-state index contributed by atoms with van der Waals surface area (Å²) in [6.07, 6.45) is 2.79. The second-order valence-electron chi connectivity index (χ2n) is 10.5. The predicted octanol–water partition coefficient (Wildman–Crippen LogP) is 4.75. The highest BCUT2D eigenvalue weighted by molar-refractivity contribution is 5.78. The average molecular weight is 448 g/mol. The Morgan fingerprint density at radius 2 is 1.42 bits per heavy atom. The molecule has 2 aliphatic heterocycles. The third-order valence-corrected chi connectivity index (χ3v) is 7.62. The molecule has 33 heavy (non-hydrogen) atoms. The van der Waals surface area contributed by atoms with Crippen molar-refractivity contribution in [3.8, 4) is 0 Å². The number of hydrogen-bond acceptors (Lipinski definition) is 3. The van der Waals surface area contributed by atoms with Crippen molar-refractivity contribution in [2.45, 2.75) is 65.0 Å². The number of benzene rings is 2. The largest absolute Gasteiger partial charge is 0.343 e. The van der Waals surface area contributed by atoms with Gasteiger partial charge in [-0.1, -0.05) is 48.5 Å². The summed E-state index contributed by atoms with van der Waals surface area (Å²) in [5.74, 6) is 1.12. The zero-order valence-corrected chi connectivity index (χ0v) is 20.9. The van der Waals surface area contributed by atoms with E-state index in [9.17, 15) is 4.79 Å². The zero-order chi connectivity index (χ0) is 23.4. The summed E-state index contributed by atoms with van der Waals surface area (Å²) in [5, 5.41) is 3.63. The predicted molar refractivity (Wildman–Crippen MR) is 137 cm³/mol. The number of nitrogens with one attached hydrogen (secondary N) is 1. The van der Waals surface area contributed by atoms with Gasteiger partial charge in [0, 0.05) is 57.1 Å². The molecule has 4 rings (SSSR count). The molecule has 0 spiro atoms. The van der Waals surface area contributed by atoms with Crippen LogP contribution in [0.15, 0.2) is 48.5 Å². The van der Waals surface area contributed by atoms with Gasteiger partial charge in [0.15, 0.2) is 0 Å². The van der Waals surface area contributed by atoms with E-state index in [-0.39, 0.29) is 5.92 Å². The Hall–Kier alpha value is -2.17. The third-order valence-electron chi connectivity index (χ3n) is 7.62. The Kier molecular flexibility index (Phi) is 7.87. The van der Waals surface area contributed by atoms with Gasteiger partial charge in [0.25, 0.3) is 0 Å². The van der Waals surface area contributed by atoms with Crippen LogP contribution in [0.1, 0.15) is 61.3 Å². The maximum atomic E-state index is 13.5. The molecular weight excluding hydrogens is 406 g/mol. The first-order valence-electron chi connectivity index (χ1n) is 12.8. The molecule has 2 heterocycles.